The molecule has 0 radical (unpaired) electrons. The molecule has 4 nitrogen and oxygen atoms in total. The summed E-state index contributed by atoms with van der Waals surface area (Å²) in [5.41, 5.74) is 7.01. The molecule has 20 heavy (non-hydrogen) atoms. The Hall–Kier alpha value is -0.940. The van der Waals surface area contributed by atoms with Crippen LogP contribution in [0.15, 0.2) is 30.3 Å². The number of nitrogens with two attached hydrogens (primary N) is 1. The van der Waals surface area contributed by atoms with Crippen LogP contribution in [0.25, 0.3) is 0 Å². The average Bonchev–Trinajstić information content (AvgIpc) is 2.46. The molecule has 0 fully saturated rings. The van der Waals surface area contributed by atoms with Crippen LogP contribution in [0.5, 0.6) is 0 Å². The normalized spacial score (nSPS) is 11.4. The molecule has 0 aliphatic carbocycles. The van der Waals surface area contributed by atoms with E-state index in [9.17, 15) is 0 Å². The van der Waals surface area contributed by atoms with Crippen LogP contribution in [0.3, 0.4) is 0 Å². The summed E-state index contributed by atoms with van der Waals surface area (Å²) in [6.45, 7) is 8.75. The van der Waals surface area contributed by atoms with E-state index in [0.717, 1.165) is 26.1 Å². The van der Waals surface area contributed by atoms with Gasteiger partial charge >= 0.3 is 0 Å². The second-order valence-electron chi connectivity index (χ2n) is 4.68. The molecule has 0 aliphatic heterocycles. The highest BCUT2D eigenvalue weighted by Gasteiger charge is 2.11. The van der Waals surface area contributed by atoms with Crippen LogP contribution in [-0.4, -0.2) is 44.0 Å². The van der Waals surface area contributed by atoms with Gasteiger partial charge in [0, 0.05) is 45.8 Å². The van der Waals surface area contributed by atoms with Crippen molar-refractivity contribution < 1.29 is 9.47 Å². The minimum absolute atomic E-state index is 0.110. The van der Waals surface area contributed by atoms with Crippen LogP contribution < -0.4 is 5.73 Å². The van der Waals surface area contributed by atoms with Crippen molar-refractivity contribution in [3.05, 3.63) is 35.9 Å². The van der Waals surface area contributed by atoms with Crippen molar-refractivity contribution >= 4 is 0 Å². The lowest BCUT2D eigenvalue weighted by Crippen LogP contribution is -2.33. The van der Waals surface area contributed by atoms with Gasteiger partial charge in [0.15, 0.2) is 6.29 Å². The van der Waals surface area contributed by atoms with Crippen LogP contribution in [0.2, 0.25) is 0 Å². The molecule has 4 heteroatoms. The standard InChI is InChI=1S/C16H28N2O2/c1-3-19-16(20-4-2)10-12-18(13-11-17)14-15-8-6-5-7-9-15/h5-9,16H,3-4,10-14,17H2,1-2H3. The summed E-state index contributed by atoms with van der Waals surface area (Å²) in [6.07, 6.45) is 0.759. The highest BCUT2D eigenvalue weighted by Crippen LogP contribution is 2.08. The van der Waals surface area contributed by atoms with Gasteiger partial charge in [-0.25, -0.2) is 0 Å². The minimum atomic E-state index is -0.110. The van der Waals surface area contributed by atoms with E-state index in [1.54, 1.807) is 0 Å². The fourth-order valence-electron chi connectivity index (χ4n) is 2.17. The summed E-state index contributed by atoms with van der Waals surface area (Å²) >= 11 is 0. The lowest BCUT2D eigenvalue weighted by molar-refractivity contribution is -0.141. The van der Waals surface area contributed by atoms with E-state index in [-0.39, 0.29) is 6.29 Å². The molecule has 0 atom stereocenters. The Kier molecular flexibility index (Phi) is 9.24. The molecule has 1 aromatic carbocycles. The molecule has 0 amide bonds. The van der Waals surface area contributed by atoms with Crippen LogP contribution in [-0.2, 0) is 16.0 Å². The topological polar surface area (TPSA) is 47.7 Å². The van der Waals surface area contributed by atoms with E-state index in [4.69, 9.17) is 15.2 Å². The molecular formula is C16H28N2O2. The van der Waals surface area contributed by atoms with E-state index < -0.39 is 0 Å². The summed E-state index contributed by atoms with van der Waals surface area (Å²) in [6, 6.07) is 10.5. The molecule has 2 N–H and O–H groups in total. The molecule has 0 saturated heterocycles. The number of hydrogen-bond acceptors (Lipinski definition) is 4. The highest BCUT2D eigenvalue weighted by atomic mass is 16.7. The Balaban J connectivity index is 2.45. The number of nitrogens with zero attached hydrogens (tertiary/aromatic N) is 1. The number of hydrogen-bond donors (Lipinski definition) is 1. The predicted octanol–water partition coefficient (Wildman–Crippen LogP) is 2.24. The molecule has 0 aliphatic rings. The van der Waals surface area contributed by atoms with Crippen LogP contribution in [0.4, 0.5) is 0 Å². The van der Waals surface area contributed by atoms with Gasteiger partial charge in [-0.3, -0.25) is 4.90 Å². The van der Waals surface area contributed by atoms with Gasteiger partial charge in [-0.15, -0.1) is 0 Å². The summed E-state index contributed by atoms with van der Waals surface area (Å²) in [7, 11) is 0. The Bertz CT molecular complexity index is 327. The van der Waals surface area contributed by atoms with Gasteiger partial charge in [0.05, 0.1) is 0 Å². The summed E-state index contributed by atoms with van der Waals surface area (Å²) in [5, 5.41) is 0. The van der Waals surface area contributed by atoms with Crippen molar-refractivity contribution in [1.29, 1.82) is 0 Å². The van der Waals surface area contributed by atoms with E-state index >= 15 is 0 Å². The highest BCUT2D eigenvalue weighted by molar-refractivity contribution is 5.14. The third kappa shape index (κ3) is 7.01. The van der Waals surface area contributed by atoms with Gasteiger partial charge in [0.2, 0.25) is 0 Å². The Morgan fingerprint density at radius 1 is 1.05 bits per heavy atom. The maximum absolute atomic E-state index is 5.70. The van der Waals surface area contributed by atoms with Gasteiger partial charge in [0.1, 0.15) is 0 Å². The second kappa shape index (κ2) is 10.8. The third-order valence-corrected chi connectivity index (χ3v) is 3.08. The third-order valence-electron chi connectivity index (χ3n) is 3.08. The summed E-state index contributed by atoms with van der Waals surface area (Å²) in [5.74, 6) is 0. The monoisotopic (exact) mass is 280 g/mol. The van der Waals surface area contributed by atoms with Crippen molar-refractivity contribution in [3.8, 4) is 0 Å². The zero-order chi connectivity index (χ0) is 14.6. The van der Waals surface area contributed by atoms with Crippen LogP contribution >= 0.6 is 0 Å². The van der Waals surface area contributed by atoms with Crippen LogP contribution in [0.1, 0.15) is 25.8 Å². The van der Waals surface area contributed by atoms with Crippen molar-refractivity contribution in [2.24, 2.45) is 5.73 Å². The predicted molar refractivity (Wildman–Crippen MR) is 82.4 cm³/mol. The van der Waals surface area contributed by atoms with E-state index in [1.165, 1.54) is 5.56 Å². The smallest absolute Gasteiger partial charge is 0.158 e. The zero-order valence-electron chi connectivity index (χ0n) is 12.8. The van der Waals surface area contributed by atoms with Gasteiger partial charge in [-0.1, -0.05) is 30.3 Å². The molecule has 0 saturated carbocycles. The van der Waals surface area contributed by atoms with E-state index in [0.29, 0.717) is 19.8 Å². The average molecular weight is 280 g/mol. The van der Waals surface area contributed by atoms with Crippen molar-refractivity contribution in [1.82, 2.24) is 4.90 Å². The maximum Gasteiger partial charge on any atom is 0.158 e. The Labute approximate surface area is 122 Å². The van der Waals surface area contributed by atoms with E-state index in [1.807, 2.05) is 19.9 Å². The maximum atomic E-state index is 5.70. The van der Waals surface area contributed by atoms with Crippen molar-refractivity contribution in [3.63, 3.8) is 0 Å². The molecule has 1 aromatic rings. The molecule has 0 bridgehead atoms. The molecule has 114 valence electrons. The number of benzene rings is 1. The fourth-order valence-corrected chi connectivity index (χ4v) is 2.17. The first-order valence-electron chi connectivity index (χ1n) is 7.49. The first-order chi connectivity index (χ1) is 9.80. The Morgan fingerprint density at radius 3 is 2.25 bits per heavy atom. The SMILES string of the molecule is CCOC(CCN(CCN)Cc1ccccc1)OCC. The van der Waals surface area contributed by atoms with E-state index in [2.05, 4.69) is 29.2 Å². The molecule has 0 unspecified atom stereocenters. The lowest BCUT2D eigenvalue weighted by Gasteiger charge is -2.24. The molecular weight excluding hydrogens is 252 g/mol. The van der Waals surface area contributed by atoms with Gasteiger partial charge in [0.25, 0.3) is 0 Å². The molecule has 0 heterocycles. The lowest BCUT2D eigenvalue weighted by atomic mass is 10.2. The first kappa shape index (κ1) is 17.1. The first-order valence-corrected chi connectivity index (χ1v) is 7.49. The summed E-state index contributed by atoms with van der Waals surface area (Å²) < 4.78 is 11.2. The molecule has 0 aromatic heterocycles. The molecule has 1 rings (SSSR count). The van der Waals surface area contributed by atoms with Crippen molar-refractivity contribution in [2.75, 3.05) is 32.8 Å². The molecule has 0 spiro atoms. The largest absolute Gasteiger partial charge is 0.353 e. The van der Waals surface area contributed by atoms with Gasteiger partial charge < -0.3 is 15.2 Å². The van der Waals surface area contributed by atoms with Crippen LogP contribution in [0, 0.1) is 0 Å². The van der Waals surface area contributed by atoms with Gasteiger partial charge in [-0.05, 0) is 19.4 Å². The Morgan fingerprint density at radius 2 is 1.70 bits per heavy atom. The van der Waals surface area contributed by atoms with Crippen molar-refractivity contribution in [2.45, 2.75) is 33.1 Å². The zero-order valence-corrected chi connectivity index (χ0v) is 12.8. The minimum Gasteiger partial charge on any atom is -0.353 e. The summed E-state index contributed by atoms with van der Waals surface area (Å²) in [4.78, 5) is 2.35. The second-order valence-corrected chi connectivity index (χ2v) is 4.68. The van der Waals surface area contributed by atoms with Gasteiger partial charge in [-0.2, -0.15) is 0 Å². The fraction of sp³-hybridized carbons (Fsp3) is 0.625. The quantitative estimate of drug-likeness (QED) is 0.632. The number of ether oxygens (including phenoxy) is 2. The number of rotatable bonds is 11.